The molecule has 2 rings (SSSR count). The van der Waals surface area contributed by atoms with Crippen LogP contribution in [0, 0.1) is 6.92 Å². The van der Waals surface area contributed by atoms with Gasteiger partial charge in [-0.05, 0) is 36.7 Å². The third-order valence-corrected chi connectivity index (χ3v) is 3.23. The average Bonchev–Trinajstić information content (AvgIpc) is 2.45. The molecule has 0 heterocycles. The monoisotopic (exact) mass is 255 g/mol. The minimum Gasteiger partial charge on any atom is -0.496 e. The molecule has 0 fully saturated rings. The predicted molar refractivity (Wildman–Crippen MR) is 80.5 cm³/mol. The molecule has 0 unspecified atom stereocenters. The van der Waals surface area contributed by atoms with Gasteiger partial charge in [-0.25, -0.2) is 0 Å². The molecule has 2 aromatic carbocycles. The first-order valence-electron chi connectivity index (χ1n) is 6.70. The third-order valence-electron chi connectivity index (χ3n) is 3.23. The molecule has 2 heteroatoms. The summed E-state index contributed by atoms with van der Waals surface area (Å²) < 4.78 is 5.49. The summed E-state index contributed by atoms with van der Waals surface area (Å²) in [5.41, 5.74) is 4.95. The Kier molecular flexibility index (Phi) is 4.58. The topological polar surface area (TPSA) is 21.3 Å². The molecule has 19 heavy (non-hydrogen) atoms. The lowest BCUT2D eigenvalue weighted by Crippen LogP contribution is -2.12. The number of hydrogen-bond acceptors (Lipinski definition) is 2. The van der Waals surface area contributed by atoms with Crippen molar-refractivity contribution < 1.29 is 4.74 Å². The maximum Gasteiger partial charge on any atom is 0.126 e. The van der Waals surface area contributed by atoms with Crippen LogP contribution >= 0.6 is 0 Å². The van der Waals surface area contributed by atoms with Gasteiger partial charge in [0.25, 0.3) is 0 Å². The SMILES string of the molecule is CCNCc1ccccc1-c1cc(C)ccc1OC. The fourth-order valence-electron chi connectivity index (χ4n) is 2.23. The van der Waals surface area contributed by atoms with E-state index >= 15 is 0 Å². The summed E-state index contributed by atoms with van der Waals surface area (Å²) in [5.74, 6) is 0.926. The molecule has 100 valence electrons. The molecule has 0 saturated heterocycles. The molecule has 1 N–H and O–H groups in total. The van der Waals surface area contributed by atoms with Crippen LogP contribution in [-0.4, -0.2) is 13.7 Å². The lowest BCUT2D eigenvalue weighted by atomic mass is 9.97. The molecule has 0 saturated carbocycles. The first-order chi connectivity index (χ1) is 9.26. The molecular formula is C17H21NO. The van der Waals surface area contributed by atoms with Crippen LogP contribution < -0.4 is 10.1 Å². The van der Waals surface area contributed by atoms with E-state index in [0.29, 0.717) is 0 Å². The van der Waals surface area contributed by atoms with Crippen LogP contribution in [0.4, 0.5) is 0 Å². The van der Waals surface area contributed by atoms with Crippen LogP contribution in [-0.2, 0) is 6.54 Å². The summed E-state index contributed by atoms with van der Waals surface area (Å²) in [6, 6.07) is 14.8. The lowest BCUT2D eigenvalue weighted by molar-refractivity contribution is 0.416. The van der Waals surface area contributed by atoms with E-state index in [-0.39, 0.29) is 0 Å². The number of hydrogen-bond donors (Lipinski definition) is 1. The van der Waals surface area contributed by atoms with Gasteiger partial charge in [-0.15, -0.1) is 0 Å². The second kappa shape index (κ2) is 6.39. The predicted octanol–water partition coefficient (Wildman–Crippen LogP) is 3.78. The van der Waals surface area contributed by atoms with E-state index in [1.165, 1.54) is 16.7 Å². The Morgan fingerprint density at radius 2 is 1.84 bits per heavy atom. The van der Waals surface area contributed by atoms with Crippen LogP contribution in [0.15, 0.2) is 42.5 Å². The van der Waals surface area contributed by atoms with Crippen LogP contribution in [0.5, 0.6) is 5.75 Å². The van der Waals surface area contributed by atoms with Crippen LogP contribution in [0.25, 0.3) is 11.1 Å². The van der Waals surface area contributed by atoms with Gasteiger partial charge in [-0.3, -0.25) is 0 Å². The van der Waals surface area contributed by atoms with Crippen molar-refractivity contribution in [3.63, 3.8) is 0 Å². The summed E-state index contributed by atoms with van der Waals surface area (Å²) in [7, 11) is 1.72. The second-order valence-electron chi connectivity index (χ2n) is 4.64. The summed E-state index contributed by atoms with van der Waals surface area (Å²) in [6.45, 7) is 6.08. The molecule has 2 aromatic rings. The number of rotatable bonds is 5. The average molecular weight is 255 g/mol. The van der Waals surface area contributed by atoms with Crippen molar-refractivity contribution in [1.82, 2.24) is 5.32 Å². The Hall–Kier alpha value is -1.80. The Morgan fingerprint density at radius 3 is 2.58 bits per heavy atom. The number of methoxy groups -OCH3 is 1. The third kappa shape index (κ3) is 3.15. The zero-order valence-electron chi connectivity index (χ0n) is 11.9. The summed E-state index contributed by atoms with van der Waals surface area (Å²) >= 11 is 0. The molecule has 2 nitrogen and oxygen atoms in total. The van der Waals surface area contributed by atoms with Crippen LogP contribution in [0.3, 0.4) is 0 Å². The van der Waals surface area contributed by atoms with Crippen molar-refractivity contribution in [1.29, 1.82) is 0 Å². The van der Waals surface area contributed by atoms with Crippen LogP contribution in [0.2, 0.25) is 0 Å². The highest BCUT2D eigenvalue weighted by Gasteiger charge is 2.09. The highest BCUT2D eigenvalue weighted by atomic mass is 16.5. The van der Waals surface area contributed by atoms with Gasteiger partial charge in [-0.1, -0.05) is 42.8 Å². The largest absolute Gasteiger partial charge is 0.496 e. The van der Waals surface area contributed by atoms with Gasteiger partial charge in [-0.2, -0.15) is 0 Å². The Labute approximate surface area is 115 Å². The molecule has 0 aliphatic heterocycles. The number of benzene rings is 2. The standard InChI is InChI=1S/C17H21NO/c1-4-18-12-14-7-5-6-8-15(14)16-11-13(2)9-10-17(16)19-3/h5-11,18H,4,12H2,1-3H3. The van der Waals surface area contributed by atoms with Crippen molar-refractivity contribution in [2.75, 3.05) is 13.7 Å². The summed E-state index contributed by atoms with van der Waals surface area (Å²) in [6.07, 6.45) is 0. The van der Waals surface area contributed by atoms with E-state index in [0.717, 1.165) is 24.4 Å². The van der Waals surface area contributed by atoms with Crippen molar-refractivity contribution >= 4 is 0 Å². The fraction of sp³-hybridized carbons (Fsp3) is 0.294. The molecule has 0 bridgehead atoms. The molecule has 0 aromatic heterocycles. The molecule has 0 aliphatic rings. The van der Waals surface area contributed by atoms with Gasteiger partial charge in [0.15, 0.2) is 0 Å². The van der Waals surface area contributed by atoms with E-state index in [1.54, 1.807) is 7.11 Å². The number of ether oxygens (including phenoxy) is 1. The van der Waals surface area contributed by atoms with E-state index in [4.69, 9.17) is 4.74 Å². The fourth-order valence-corrected chi connectivity index (χ4v) is 2.23. The molecular weight excluding hydrogens is 234 g/mol. The maximum absolute atomic E-state index is 5.49. The van der Waals surface area contributed by atoms with E-state index in [2.05, 4.69) is 55.6 Å². The van der Waals surface area contributed by atoms with E-state index in [9.17, 15) is 0 Å². The van der Waals surface area contributed by atoms with Crippen molar-refractivity contribution in [2.45, 2.75) is 20.4 Å². The minimum atomic E-state index is 0.879. The number of nitrogens with one attached hydrogen (secondary N) is 1. The van der Waals surface area contributed by atoms with E-state index in [1.807, 2.05) is 6.07 Å². The Morgan fingerprint density at radius 1 is 1.05 bits per heavy atom. The molecule has 0 amide bonds. The lowest BCUT2D eigenvalue weighted by Gasteiger charge is -2.14. The number of aryl methyl sites for hydroxylation is 1. The van der Waals surface area contributed by atoms with Gasteiger partial charge in [0.05, 0.1) is 7.11 Å². The second-order valence-corrected chi connectivity index (χ2v) is 4.64. The van der Waals surface area contributed by atoms with Crippen molar-refractivity contribution in [3.05, 3.63) is 53.6 Å². The Balaban J connectivity index is 2.48. The highest BCUT2D eigenvalue weighted by Crippen LogP contribution is 2.33. The van der Waals surface area contributed by atoms with Gasteiger partial charge in [0.1, 0.15) is 5.75 Å². The summed E-state index contributed by atoms with van der Waals surface area (Å²) in [4.78, 5) is 0. The zero-order valence-corrected chi connectivity index (χ0v) is 11.9. The maximum atomic E-state index is 5.49. The zero-order chi connectivity index (χ0) is 13.7. The van der Waals surface area contributed by atoms with Gasteiger partial charge in [0, 0.05) is 12.1 Å². The van der Waals surface area contributed by atoms with Gasteiger partial charge in [0.2, 0.25) is 0 Å². The van der Waals surface area contributed by atoms with Crippen molar-refractivity contribution in [3.8, 4) is 16.9 Å². The highest BCUT2D eigenvalue weighted by molar-refractivity contribution is 5.74. The smallest absolute Gasteiger partial charge is 0.126 e. The first kappa shape index (κ1) is 13.6. The molecule has 0 spiro atoms. The normalized spacial score (nSPS) is 10.5. The molecule has 0 radical (unpaired) electrons. The van der Waals surface area contributed by atoms with Gasteiger partial charge >= 0.3 is 0 Å². The summed E-state index contributed by atoms with van der Waals surface area (Å²) in [5, 5.41) is 3.39. The minimum absolute atomic E-state index is 0.879. The van der Waals surface area contributed by atoms with Crippen molar-refractivity contribution in [2.24, 2.45) is 0 Å². The molecule has 0 aliphatic carbocycles. The Bertz CT molecular complexity index is 549. The first-order valence-corrected chi connectivity index (χ1v) is 6.70. The van der Waals surface area contributed by atoms with Gasteiger partial charge < -0.3 is 10.1 Å². The quantitative estimate of drug-likeness (QED) is 0.878. The van der Waals surface area contributed by atoms with Crippen LogP contribution in [0.1, 0.15) is 18.1 Å². The van der Waals surface area contributed by atoms with E-state index < -0.39 is 0 Å². The molecule has 0 atom stereocenters.